The highest BCUT2D eigenvalue weighted by Crippen LogP contribution is 2.04. The van der Waals surface area contributed by atoms with E-state index in [1.54, 1.807) is 0 Å². The van der Waals surface area contributed by atoms with E-state index in [-0.39, 0.29) is 17.9 Å². The third-order valence-electron chi connectivity index (χ3n) is 3.28. The summed E-state index contributed by atoms with van der Waals surface area (Å²) in [7, 11) is 0. The van der Waals surface area contributed by atoms with Gasteiger partial charge in [0.2, 0.25) is 5.91 Å². The SMILES string of the molecule is CCCNCCN1CCO[C@H](CNC(=O)C(C)C)C1. The Bertz CT molecular complexity index is 259. The molecule has 0 spiro atoms. The maximum Gasteiger partial charge on any atom is 0.222 e. The van der Waals surface area contributed by atoms with Crippen molar-refractivity contribution in [3.05, 3.63) is 0 Å². The van der Waals surface area contributed by atoms with Crippen molar-refractivity contribution in [2.75, 3.05) is 45.9 Å². The second-order valence-corrected chi connectivity index (χ2v) is 5.44. The molecule has 5 nitrogen and oxygen atoms in total. The maximum absolute atomic E-state index is 11.5. The van der Waals surface area contributed by atoms with Gasteiger partial charge in [0.05, 0.1) is 12.7 Å². The van der Waals surface area contributed by atoms with E-state index in [2.05, 4.69) is 22.5 Å². The van der Waals surface area contributed by atoms with Crippen molar-refractivity contribution in [2.45, 2.75) is 33.3 Å². The van der Waals surface area contributed by atoms with Gasteiger partial charge in [-0.2, -0.15) is 0 Å². The fourth-order valence-corrected chi connectivity index (χ4v) is 2.06. The van der Waals surface area contributed by atoms with Crippen molar-refractivity contribution in [2.24, 2.45) is 5.92 Å². The summed E-state index contributed by atoms with van der Waals surface area (Å²) in [4.78, 5) is 13.9. The van der Waals surface area contributed by atoms with Gasteiger partial charge in [0.15, 0.2) is 0 Å². The highest BCUT2D eigenvalue weighted by atomic mass is 16.5. The summed E-state index contributed by atoms with van der Waals surface area (Å²) >= 11 is 0. The maximum atomic E-state index is 11.5. The van der Waals surface area contributed by atoms with E-state index in [9.17, 15) is 4.79 Å². The number of amides is 1. The lowest BCUT2D eigenvalue weighted by Crippen LogP contribution is -2.49. The van der Waals surface area contributed by atoms with Gasteiger partial charge in [0.25, 0.3) is 0 Å². The Hall–Kier alpha value is -0.650. The summed E-state index contributed by atoms with van der Waals surface area (Å²) in [6, 6.07) is 0. The van der Waals surface area contributed by atoms with Gasteiger partial charge < -0.3 is 15.4 Å². The number of morpholine rings is 1. The molecule has 1 saturated heterocycles. The van der Waals surface area contributed by atoms with Crippen molar-refractivity contribution in [1.82, 2.24) is 15.5 Å². The zero-order valence-electron chi connectivity index (χ0n) is 12.6. The molecule has 0 aromatic heterocycles. The number of hydrogen-bond acceptors (Lipinski definition) is 4. The molecule has 1 rings (SSSR count). The van der Waals surface area contributed by atoms with Crippen molar-refractivity contribution >= 4 is 5.91 Å². The fraction of sp³-hybridized carbons (Fsp3) is 0.929. The molecule has 1 fully saturated rings. The van der Waals surface area contributed by atoms with Crippen LogP contribution in [0.25, 0.3) is 0 Å². The molecule has 0 aliphatic carbocycles. The van der Waals surface area contributed by atoms with E-state index in [0.29, 0.717) is 6.54 Å². The van der Waals surface area contributed by atoms with Gasteiger partial charge in [-0.25, -0.2) is 0 Å². The monoisotopic (exact) mass is 271 g/mol. The Kier molecular flexibility index (Phi) is 8.02. The average molecular weight is 271 g/mol. The van der Waals surface area contributed by atoms with E-state index >= 15 is 0 Å². The molecule has 2 N–H and O–H groups in total. The van der Waals surface area contributed by atoms with Crippen LogP contribution >= 0.6 is 0 Å². The first-order valence-electron chi connectivity index (χ1n) is 7.45. The van der Waals surface area contributed by atoms with Crippen LogP contribution in [-0.2, 0) is 9.53 Å². The molecule has 1 amide bonds. The van der Waals surface area contributed by atoms with E-state index in [1.807, 2.05) is 13.8 Å². The predicted octanol–water partition coefficient (Wildman–Crippen LogP) is 0.459. The van der Waals surface area contributed by atoms with Gasteiger partial charge in [0.1, 0.15) is 0 Å². The Morgan fingerprint density at radius 2 is 2.21 bits per heavy atom. The second kappa shape index (κ2) is 9.28. The lowest BCUT2D eigenvalue weighted by Gasteiger charge is -2.33. The van der Waals surface area contributed by atoms with E-state index in [0.717, 1.165) is 39.3 Å². The third kappa shape index (κ3) is 6.89. The van der Waals surface area contributed by atoms with Crippen LogP contribution in [0.4, 0.5) is 0 Å². The molecule has 1 atom stereocenters. The van der Waals surface area contributed by atoms with Gasteiger partial charge in [-0.3, -0.25) is 9.69 Å². The smallest absolute Gasteiger partial charge is 0.222 e. The number of hydrogen-bond donors (Lipinski definition) is 2. The number of nitrogens with zero attached hydrogens (tertiary/aromatic N) is 1. The van der Waals surface area contributed by atoms with Crippen LogP contribution in [0.2, 0.25) is 0 Å². The minimum atomic E-state index is 0.0398. The normalized spacial score (nSPS) is 20.7. The van der Waals surface area contributed by atoms with Gasteiger partial charge in [-0.1, -0.05) is 20.8 Å². The molecule has 5 heteroatoms. The molecule has 0 saturated carbocycles. The first-order valence-corrected chi connectivity index (χ1v) is 7.45. The van der Waals surface area contributed by atoms with Crippen LogP contribution in [0.15, 0.2) is 0 Å². The molecule has 1 aliphatic rings. The highest BCUT2D eigenvalue weighted by Gasteiger charge is 2.20. The van der Waals surface area contributed by atoms with E-state index in [1.165, 1.54) is 6.42 Å². The van der Waals surface area contributed by atoms with Gasteiger partial charge in [0, 0.05) is 38.6 Å². The molecule has 0 unspecified atom stereocenters. The zero-order valence-corrected chi connectivity index (χ0v) is 12.6. The number of ether oxygens (including phenoxy) is 1. The Morgan fingerprint density at radius 3 is 2.89 bits per heavy atom. The molecule has 1 heterocycles. The van der Waals surface area contributed by atoms with Crippen LogP contribution in [-0.4, -0.2) is 62.8 Å². The first-order chi connectivity index (χ1) is 9.13. The zero-order chi connectivity index (χ0) is 14.1. The molecule has 19 heavy (non-hydrogen) atoms. The molecular formula is C14H29N3O2. The lowest BCUT2D eigenvalue weighted by molar-refractivity contribution is -0.125. The van der Waals surface area contributed by atoms with Crippen molar-refractivity contribution in [1.29, 1.82) is 0 Å². The van der Waals surface area contributed by atoms with Crippen LogP contribution in [0.1, 0.15) is 27.2 Å². The standard InChI is InChI=1S/C14H29N3O2/c1-4-5-15-6-7-17-8-9-19-13(11-17)10-16-14(18)12(2)3/h12-13,15H,4-11H2,1-3H3,(H,16,18)/t13-/m1/s1. The minimum Gasteiger partial charge on any atom is -0.374 e. The topological polar surface area (TPSA) is 53.6 Å². The number of carbonyl (C=O) groups excluding carboxylic acids is 1. The van der Waals surface area contributed by atoms with Crippen molar-refractivity contribution in [3.8, 4) is 0 Å². The second-order valence-electron chi connectivity index (χ2n) is 5.44. The molecular weight excluding hydrogens is 242 g/mol. The Labute approximate surface area is 117 Å². The van der Waals surface area contributed by atoms with Gasteiger partial charge in [-0.05, 0) is 13.0 Å². The number of nitrogens with one attached hydrogen (secondary N) is 2. The van der Waals surface area contributed by atoms with Gasteiger partial charge in [-0.15, -0.1) is 0 Å². The van der Waals surface area contributed by atoms with Crippen LogP contribution in [0.5, 0.6) is 0 Å². The third-order valence-corrected chi connectivity index (χ3v) is 3.28. The fourth-order valence-electron chi connectivity index (χ4n) is 2.06. The molecule has 0 radical (unpaired) electrons. The first kappa shape index (κ1) is 16.4. The summed E-state index contributed by atoms with van der Waals surface area (Å²) in [5.74, 6) is 0.142. The average Bonchev–Trinajstić information content (AvgIpc) is 2.41. The molecule has 112 valence electrons. The summed E-state index contributed by atoms with van der Waals surface area (Å²) < 4.78 is 5.69. The number of carbonyl (C=O) groups is 1. The molecule has 0 aromatic rings. The van der Waals surface area contributed by atoms with Crippen molar-refractivity contribution < 1.29 is 9.53 Å². The van der Waals surface area contributed by atoms with Crippen LogP contribution < -0.4 is 10.6 Å². The van der Waals surface area contributed by atoms with Gasteiger partial charge >= 0.3 is 0 Å². The lowest BCUT2D eigenvalue weighted by atomic mass is 10.2. The summed E-state index contributed by atoms with van der Waals surface area (Å²) in [5.41, 5.74) is 0. The summed E-state index contributed by atoms with van der Waals surface area (Å²) in [5, 5.41) is 6.35. The van der Waals surface area contributed by atoms with Crippen LogP contribution in [0, 0.1) is 5.92 Å². The molecule has 0 aromatic carbocycles. The highest BCUT2D eigenvalue weighted by molar-refractivity contribution is 5.77. The predicted molar refractivity (Wildman–Crippen MR) is 77.2 cm³/mol. The largest absolute Gasteiger partial charge is 0.374 e. The summed E-state index contributed by atoms with van der Waals surface area (Å²) in [6.07, 6.45) is 1.30. The van der Waals surface area contributed by atoms with Crippen LogP contribution in [0.3, 0.4) is 0 Å². The number of rotatable bonds is 8. The minimum absolute atomic E-state index is 0.0398. The Morgan fingerprint density at radius 1 is 1.42 bits per heavy atom. The quantitative estimate of drug-likeness (QED) is 0.630. The summed E-state index contributed by atoms with van der Waals surface area (Å²) in [6.45, 7) is 12.4. The molecule has 0 bridgehead atoms. The van der Waals surface area contributed by atoms with Crippen molar-refractivity contribution in [3.63, 3.8) is 0 Å². The molecule has 1 aliphatic heterocycles. The van der Waals surface area contributed by atoms with E-state index < -0.39 is 0 Å². The Balaban J connectivity index is 2.17. The van der Waals surface area contributed by atoms with E-state index in [4.69, 9.17) is 4.74 Å².